The van der Waals surface area contributed by atoms with Gasteiger partial charge in [-0.15, -0.1) is 6.42 Å². The molecule has 1 N–H and O–H groups in total. The molecule has 1 saturated heterocycles. The van der Waals surface area contributed by atoms with Crippen LogP contribution in [0, 0.1) is 12.3 Å². The maximum Gasteiger partial charge on any atom is 0.181 e. The van der Waals surface area contributed by atoms with E-state index in [-0.39, 0.29) is 0 Å². The van der Waals surface area contributed by atoms with Crippen LogP contribution in [0.2, 0.25) is 0 Å². The number of aromatic nitrogens is 3. The lowest BCUT2D eigenvalue weighted by molar-refractivity contribution is 0.299. The van der Waals surface area contributed by atoms with E-state index >= 15 is 0 Å². The second kappa shape index (κ2) is 10.7. The van der Waals surface area contributed by atoms with Crippen LogP contribution in [0.4, 0.5) is 0 Å². The first-order chi connectivity index (χ1) is 16.6. The second-order valence-electron chi connectivity index (χ2n) is 9.20. The topological polar surface area (TPSA) is 44.8 Å². The van der Waals surface area contributed by atoms with Gasteiger partial charge in [-0.25, -0.2) is 4.98 Å². The number of nitrogens with one attached hydrogen (secondary N) is 1. The molecule has 2 aromatic carbocycles. The third kappa shape index (κ3) is 4.94. The Kier molecular flexibility index (Phi) is 7.53. The molecular weight excluding hydrogens is 416 g/mol. The molecule has 4 nitrogen and oxygen atoms in total. The van der Waals surface area contributed by atoms with Crippen LogP contribution in [0.1, 0.15) is 79.6 Å². The lowest BCUT2D eigenvalue weighted by Gasteiger charge is -2.36. The summed E-state index contributed by atoms with van der Waals surface area (Å²) in [7, 11) is 0. The minimum atomic E-state index is 0.574. The highest BCUT2D eigenvalue weighted by Crippen LogP contribution is 2.35. The molecule has 0 amide bonds. The maximum absolute atomic E-state index is 5.51. The summed E-state index contributed by atoms with van der Waals surface area (Å²) in [6, 6.07) is 13.1. The number of benzene rings is 2. The molecule has 0 aliphatic carbocycles. The molecule has 34 heavy (non-hydrogen) atoms. The zero-order valence-corrected chi connectivity index (χ0v) is 20.8. The molecule has 0 spiro atoms. The first-order valence-corrected chi connectivity index (χ1v) is 12.7. The van der Waals surface area contributed by atoms with Gasteiger partial charge in [0.15, 0.2) is 5.82 Å². The van der Waals surface area contributed by atoms with Gasteiger partial charge >= 0.3 is 0 Å². The van der Waals surface area contributed by atoms with E-state index < -0.39 is 0 Å². The fraction of sp³-hybridized carbons (Fsp3) is 0.400. The Morgan fingerprint density at radius 3 is 2.41 bits per heavy atom. The third-order valence-electron chi connectivity index (χ3n) is 7.09. The zero-order valence-electron chi connectivity index (χ0n) is 20.8. The van der Waals surface area contributed by atoms with Crippen molar-refractivity contribution in [1.82, 2.24) is 20.1 Å². The summed E-state index contributed by atoms with van der Waals surface area (Å²) in [4.78, 5) is 7.24. The Bertz CT molecular complexity index is 1170. The van der Waals surface area contributed by atoms with Gasteiger partial charge in [0, 0.05) is 41.9 Å². The van der Waals surface area contributed by atoms with Crippen molar-refractivity contribution in [2.24, 2.45) is 0 Å². The summed E-state index contributed by atoms with van der Waals surface area (Å²) >= 11 is 0. The number of hydrogen-bond donors (Lipinski definition) is 1. The summed E-state index contributed by atoms with van der Waals surface area (Å²) in [6.45, 7) is 13.2. The van der Waals surface area contributed by atoms with Crippen molar-refractivity contribution in [2.45, 2.75) is 65.2 Å². The third-order valence-corrected chi connectivity index (χ3v) is 7.09. The van der Waals surface area contributed by atoms with Crippen LogP contribution in [0.15, 0.2) is 43.0 Å². The van der Waals surface area contributed by atoms with Gasteiger partial charge in [-0.3, -0.25) is 5.10 Å². The van der Waals surface area contributed by atoms with Gasteiger partial charge in [-0.05, 0) is 72.9 Å². The summed E-state index contributed by atoms with van der Waals surface area (Å²) < 4.78 is 0. The van der Waals surface area contributed by atoms with Crippen LogP contribution in [0.3, 0.4) is 0 Å². The number of aromatic amines is 1. The average Bonchev–Trinajstić information content (AvgIpc) is 3.36. The Labute approximate surface area is 204 Å². The van der Waals surface area contributed by atoms with Gasteiger partial charge < -0.3 is 4.90 Å². The van der Waals surface area contributed by atoms with Crippen molar-refractivity contribution in [3.05, 3.63) is 76.6 Å². The first kappa shape index (κ1) is 23.8. The quantitative estimate of drug-likeness (QED) is 0.403. The van der Waals surface area contributed by atoms with Gasteiger partial charge in [-0.2, -0.15) is 5.10 Å². The van der Waals surface area contributed by atoms with E-state index in [1.165, 1.54) is 22.3 Å². The molecule has 0 saturated carbocycles. The lowest BCUT2D eigenvalue weighted by atomic mass is 9.88. The van der Waals surface area contributed by atoms with Gasteiger partial charge in [0.05, 0.1) is 0 Å². The highest BCUT2D eigenvalue weighted by Gasteiger charge is 2.24. The van der Waals surface area contributed by atoms with Crippen LogP contribution in [-0.2, 0) is 19.3 Å². The minimum absolute atomic E-state index is 0.574. The molecule has 176 valence electrons. The summed E-state index contributed by atoms with van der Waals surface area (Å²) in [5, 5.41) is 7.67. The fourth-order valence-corrected chi connectivity index (χ4v) is 5.03. The number of terminal acetylenes is 1. The molecule has 2 heterocycles. The van der Waals surface area contributed by atoms with E-state index in [0.717, 1.165) is 80.1 Å². The van der Waals surface area contributed by atoms with Crippen LogP contribution >= 0.6 is 0 Å². The number of rotatable bonds is 8. The predicted octanol–water partition coefficient (Wildman–Crippen LogP) is 6.38. The Hall–Kier alpha value is -3.32. The van der Waals surface area contributed by atoms with Crippen molar-refractivity contribution in [3.63, 3.8) is 0 Å². The number of likely N-dealkylation sites (tertiary alicyclic amines) is 1. The monoisotopic (exact) mass is 452 g/mol. The SMILES string of the molecule is C#Cc1ccc(C2CCN(C(=C)c3cc(-c4n[nH]c(CCC)n4)c(CC)cc3CC)CC2)cc1. The van der Waals surface area contributed by atoms with Crippen LogP contribution in [-0.4, -0.2) is 33.2 Å². The van der Waals surface area contributed by atoms with Gasteiger partial charge in [-0.1, -0.05) is 51.5 Å². The van der Waals surface area contributed by atoms with E-state index in [9.17, 15) is 0 Å². The van der Waals surface area contributed by atoms with Crippen molar-refractivity contribution in [1.29, 1.82) is 0 Å². The average molecular weight is 453 g/mol. The highest BCUT2D eigenvalue weighted by atomic mass is 15.2. The molecule has 3 aromatic rings. The van der Waals surface area contributed by atoms with Crippen molar-refractivity contribution in [2.75, 3.05) is 13.1 Å². The van der Waals surface area contributed by atoms with Gasteiger partial charge in [0.2, 0.25) is 0 Å². The second-order valence-corrected chi connectivity index (χ2v) is 9.20. The number of nitrogens with zero attached hydrogens (tertiary/aromatic N) is 3. The van der Waals surface area contributed by atoms with E-state index in [0.29, 0.717) is 5.92 Å². The molecule has 0 radical (unpaired) electrons. The lowest BCUT2D eigenvalue weighted by Crippen LogP contribution is -2.31. The molecule has 1 aromatic heterocycles. The summed E-state index contributed by atoms with van der Waals surface area (Å²) in [5.41, 5.74) is 8.45. The summed E-state index contributed by atoms with van der Waals surface area (Å²) in [5.74, 6) is 5.04. The molecule has 1 aliphatic rings. The molecule has 0 atom stereocenters. The number of piperidine rings is 1. The Morgan fingerprint density at radius 1 is 1.09 bits per heavy atom. The molecule has 4 heteroatoms. The van der Waals surface area contributed by atoms with E-state index in [1.807, 2.05) is 0 Å². The van der Waals surface area contributed by atoms with Crippen molar-refractivity contribution < 1.29 is 0 Å². The molecule has 4 rings (SSSR count). The maximum atomic E-state index is 5.51. The molecule has 0 bridgehead atoms. The van der Waals surface area contributed by atoms with E-state index in [4.69, 9.17) is 11.4 Å². The van der Waals surface area contributed by atoms with E-state index in [1.54, 1.807) is 0 Å². The largest absolute Gasteiger partial charge is 0.371 e. The molecule has 0 unspecified atom stereocenters. The van der Waals surface area contributed by atoms with Crippen molar-refractivity contribution in [3.8, 4) is 23.7 Å². The number of H-pyrrole nitrogens is 1. The highest BCUT2D eigenvalue weighted by molar-refractivity contribution is 5.73. The number of hydrogen-bond acceptors (Lipinski definition) is 3. The van der Waals surface area contributed by atoms with Crippen LogP contribution < -0.4 is 0 Å². The van der Waals surface area contributed by atoms with Crippen LogP contribution in [0.25, 0.3) is 17.1 Å². The van der Waals surface area contributed by atoms with E-state index in [2.05, 4.69) is 84.8 Å². The number of aryl methyl sites for hydroxylation is 3. The normalized spacial score (nSPS) is 14.2. The molecule has 1 aliphatic heterocycles. The first-order valence-electron chi connectivity index (χ1n) is 12.7. The minimum Gasteiger partial charge on any atom is -0.371 e. The van der Waals surface area contributed by atoms with Gasteiger partial charge in [0.25, 0.3) is 0 Å². The predicted molar refractivity (Wildman–Crippen MR) is 142 cm³/mol. The Morgan fingerprint density at radius 2 is 1.79 bits per heavy atom. The summed E-state index contributed by atoms with van der Waals surface area (Å²) in [6.07, 6.45) is 11.7. The Balaban J connectivity index is 1.55. The van der Waals surface area contributed by atoms with Crippen molar-refractivity contribution >= 4 is 5.70 Å². The molecule has 1 fully saturated rings. The fourth-order valence-electron chi connectivity index (χ4n) is 5.03. The standard InChI is InChI=1S/C30H36N4/c1-6-10-29-31-30(33-32-29)28-20-27(23(8-3)19-24(28)9-4)21(5)34-17-15-26(16-18-34)25-13-11-22(7-2)12-14-25/h2,11-14,19-20,26H,5-6,8-10,15-18H2,1,3-4H3,(H,31,32,33). The zero-order chi connectivity index (χ0) is 24.1. The molecular formula is C30H36N4. The van der Waals surface area contributed by atoms with Crippen LogP contribution in [0.5, 0.6) is 0 Å². The smallest absolute Gasteiger partial charge is 0.181 e. The van der Waals surface area contributed by atoms with Gasteiger partial charge in [0.1, 0.15) is 5.82 Å².